The molecule has 0 aromatic heterocycles. The summed E-state index contributed by atoms with van der Waals surface area (Å²) < 4.78 is 16.5. The molecule has 1 aromatic rings. The largest absolute Gasteiger partial charge is 0.484 e. The first-order chi connectivity index (χ1) is 8.39. The quantitative estimate of drug-likeness (QED) is 0.566. The van der Waals surface area contributed by atoms with Crippen molar-refractivity contribution < 1.29 is 19.0 Å². The van der Waals surface area contributed by atoms with E-state index in [9.17, 15) is 4.79 Å². The van der Waals surface area contributed by atoms with Crippen LogP contribution >= 0.6 is 0 Å². The summed E-state index contributed by atoms with van der Waals surface area (Å²) in [5.41, 5.74) is 0.781. The van der Waals surface area contributed by atoms with Crippen LogP contribution in [0.4, 0.5) is 0 Å². The second kappa shape index (κ2) is 3.26. The topological polar surface area (TPSA) is 48.1 Å². The van der Waals surface area contributed by atoms with Gasteiger partial charge < -0.3 is 14.2 Å². The van der Waals surface area contributed by atoms with E-state index in [1.165, 1.54) is 7.11 Å². The monoisotopic (exact) mass is 248 g/mol. The van der Waals surface area contributed by atoms with Crippen molar-refractivity contribution in [1.82, 2.24) is 0 Å². The molecule has 4 nitrogen and oxygen atoms in total. The molecule has 0 radical (unpaired) electrons. The molecule has 1 fully saturated rings. The molecule has 1 saturated heterocycles. The van der Waals surface area contributed by atoms with Crippen LogP contribution in [0.5, 0.6) is 5.75 Å². The average molecular weight is 248 g/mol. The van der Waals surface area contributed by atoms with Gasteiger partial charge in [0, 0.05) is 5.56 Å². The number of methoxy groups -OCH3 is 1. The molecule has 4 heteroatoms. The first kappa shape index (κ1) is 11.5. The second-order valence-electron chi connectivity index (χ2n) is 5.46. The number of hydrogen-bond acceptors (Lipinski definition) is 4. The van der Waals surface area contributed by atoms with Crippen LogP contribution in [0.25, 0.3) is 0 Å². The van der Waals surface area contributed by atoms with Crippen LogP contribution in [0.1, 0.15) is 42.8 Å². The fraction of sp³-hybridized carbons (Fsp3) is 0.500. The molecule has 96 valence electrons. The zero-order chi connectivity index (χ0) is 13.1. The Morgan fingerprint density at radius 1 is 1.33 bits per heavy atom. The fourth-order valence-corrected chi connectivity index (χ4v) is 2.50. The van der Waals surface area contributed by atoms with Crippen LogP contribution in [0.15, 0.2) is 18.2 Å². The molecule has 0 amide bonds. The van der Waals surface area contributed by atoms with Crippen LogP contribution < -0.4 is 4.74 Å². The van der Waals surface area contributed by atoms with Crippen molar-refractivity contribution in [3.05, 3.63) is 29.3 Å². The number of epoxide rings is 1. The van der Waals surface area contributed by atoms with Gasteiger partial charge in [-0.25, -0.2) is 4.79 Å². The summed E-state index contributed by atoms with van der Waals surface area (Å²) in [6.07, 6.45) is 0.000793. The van der Waals surface area contributed by atoms with Gasteiger partial charge in [0.25, 0.3) is 0 Å². The van der Waals surface area contributed by atoms with Gasteiger partial charge in [0.15, 0.2) is 0 Å². The molecular weight excluding hydrogens is 232 g/mol. The number of benzene rings is 1. The summed E-state index contributed by atoms with van der Waals surface area (Å²) in [5, 5.41) is 0. The molecule has 2 heterocycles. The molecule has 0 bridgehead atoms. The molecule has 18 heavy (non-hydrogen) atoms. The van der Waals surface area contributed by atoms with Crippen molar-refractivity contribution in [3.8, 4) is 5.75 Å². The number of carbonyl (C=O) groups is 1. The molecule has 2 aliphatic heterocycles. The normalized spacial score (nSPS) is 30.8. The van der Waals surface area contributed by atoms with E-state index in [0.29, 0.717) is 5.56 Å². The van der Waals surface area contributed by atoms with Crippen LogP contribution in [0, 0.1) is 0 Å². The molecule has 0 N–H and O–H groups in total. The van der Waals surface area contributed by atoms with E-state index in [1.807, 2.05) is 26.8 Å². The highest BCUT2D eigenvalue weighted by atomic mass is 16.7. The average Bonchev–Trinajstić information content (AvgIpc) is 3.02. The maximum atomic E-state index is 11.5. The van der Waals surface area contributed by atoms with Crippen molar-refractivity contribution in [1.29, 1.82) is 0 Å². The Morgan fingerprint density at radius 3 is 2.72 bits per heavy atom. The lowest BCUT2D eigenvalue weighted by Gasteiger charge is -2.35. The van der Waals surface area contributed by atoms with Crippen molar-refractivity contribution in [2.45, 2.75) is 38.1 Å². The molecule has 2 unspecified atom stereocenters. The number of fused-ring (bicyclic) bond motifs is 3. The number of carbonyl (C=O) groups excluding carboxylic acids is 1. The van der Waals surface area contributed by atoms with Crippen LogP contribution in [-0.2, 0) is 9.47 Å². The van der Waals surface area contributed by atoms with Crippen LogP contribution in [0.2, 0.25) is 0 Å². The predicted octanol–water partition coefficient (Wildman–Crippen LogP) is 2.47. The summed E-state index contributed by atoms with van der Waals surface area (Å²) in [6.45, 7) is 6.07. The van der Waals surface area contributed by atoms with Crippen molar-refractivity contribution in [3.63, 3.8) is 0 Å². The van der Waals surface area contributed by atoms with Gasteiger partial charge in [-0.3, -0.25) is 0 Å². The first-order valence-electron chi connectivity index (χ1n) is 5.98. The third kappa shape index (κ3) is 1.32. The zero-order valence-corrected chi connectivity index (χ0v) is 10.9. The van der Waals surface area contributed by atoms with E-state index in [1.54, 1.807) is 12.1 Å². The molecular formula is C14H16O4. The van der Waals surface area contributed by atoms with Crippen molar-refractivity contribution in [2.24, 2.45) is 0 Å². The Morgan fingerprint density at radius 2 is 2.06 bits per heavy atom. The molecule has 0 spiro atoms. The Balaban J connectivity index is 2.05. The zero-order valence-electron chi connectivity index (χ0n) is 10.9. The highest BCUT2D eigenvalue weighted by molar-refractivity contribution is 5.89. The van der Waals surface area contributed by atoms with Gasteiger partial charge in [-0.15, -0.1) is 0 Å². The smallest absolute Gasteiger partial charge is 0.337 e. The lowest BCUT2D eigenvalue weighted by Crippen LogP contribution is -2.45. The summed E-state index contributed by atoms with van der Waals surface area (Å²) in [5.74, 6) is 0.442. The molecule has 2 aliphatic rings. The van der Waals surface area contributed by atoms with Crippen molar-refractivity contribution in [2.75, 3.05) is 7.11 Å². The van der Waals surface area contributed by atoms with E-state index in [2.05, 4.69) is 0 Å². The Hall–Kier alpha value is -1.55. The summed E-state index contributed by atoms with van der Waals surface area (Å²) >= 11 is 0. The minimum Gasteiger partial charge on any atom is -0.484 e. The number of rotatable bonds is 1. The van der Waals surface area contributed by atoms with Crippen molar-refractivity contribution >= 4 is 5.97 Å². The van der Waals surface area contributed by atoms with Gasteiger partial charge in [0.1, 0.15) is 23.1 Å². The molecule has 0 saturated carbocycles. The molecule has 1 aromatic carbocycles. The van der Waals surface area contributed by atoms with Gasteiger partial charge in [-0.1, -0.05) is 0 Å². The maximum Gasteiger partial charge on any atom is 0.337 e. The highest BCUT2D eigenvalue weighted by Crippen LogP contribution is 2.62. The minimum atomic E-state index is -0.364. The molecule has 0 aliphatic carbocycles. The minimum absolute atomic E-state index is 0.000793. The van der Waals surface area contributed by atoms with Gasteiger partial charge in [-0.05, 0) is 39.0 Å². The number of hydrogen-bond donors (Lipinski definition) is 0. The molecule has 2 atom stereocenters. The van der Waals surface area contributed by atoms with E-state index >= 15 is 0 Å². The maximum absolute atomic E-state index is 11.5. The highest BCUT2D eigenvalue weighted by Gasteiger charge is 2.67. The summed E-state index contributed by atoms with van der Waals surface area (Å²) in [4.78, 5) is 11.5. The lowest BCUT2D eigenvalue weighted by molar-refractivity contribution is 0.0241. The van der Waals surface area contributed by atoms with Gasteiger partial charge in [0.05, 0.1) is 12.7 Å². The van der Waals surface area contributed by atoms with Crippen LogP contribution in [-0.4, -0.2) is 24.3 Å². The summed E-state index contributed by atoms with van der Waals surface area (Å²) in [7, 11) is 1.37. The second-order valence-corrected chi connectivity index (χ2v) is 5.46. The Labute approximate surface area is 106 Å². The third-order valence-corrected chi connectivity index (χ3v) is 4.08. The number of ether oxygens (including phenoxy) is 3. The fourth-order valence-electron chi connectivity index (χ4n) is 2.50. The van der Waals surface area contributed by atoms with Gasteiger partial charge in [0.2, 0.25) is 0 Å². The SMILES string of the molecule is COC(=O)c1ccc2c(c1)C1OC1(C)C(C)(C)O2. The van der Waals surface area contributed by atoms with Gasteiger partial charge >= 0.3 is 5.97 Å². The lowest BCUT2D eigenvalue weighted by atomic mass is 9.83. The Kier molecular flexibility index (Phi) is 2.09. The van der Waals surface area contributed by atoms with E-state index in [-0.39, 0.29) is 23.3 Å². The number of esters is 1. The predicted molar refractivity (Wildman–Crippen MR) is 64.7 cm³/mol. The van der Waals surface area contributed by atoms with Gasteiger partial charge in [-0.2, -0.15) is 0 Å². The van der Waals surface area contributed by atoms with E-state index < -0.39 is 0 Å². The Bertz CT molecular complexity index is 535. The third-order valence-electron chi connectivity index (χ3n) is 4.08. The van der Waals surface area contributed by atoms with E-state index in [4.69, 9.17) is 14.2 Å². The summed E-state index contributed by atoms with van der Waals surface area (Å²) in [6, 6.07) is 5.32. The standard InChI is InChI=1S/C14H16O4/c1-13(2)14(3)11(18-14)9-7-8(12(15)16-4)5-6-10(9)17-13/h5-7,11H,1-4H3. The molecule has 3 rings (SSSR count). The van der Waals surface area contributed by atoms with E-state index in [0.717, 1.165) is 11.3 Å². The van der Waals surface area contributed by atoms with Crippen LogP contribution in [0.3, 0.4) is 0 Å². The first-order valence-corrected chi connectivity index (χ1v) is 5.98.